The average molecular weight is 360 g/mol. The number of nitrogens with zero attached hydrogens (tertiary/aromatic N) is 4. The fourth-order valence-corrected chi connectivity index (χ4v) is 2.41. The lowest BCUT2D eigenvalue weighted by molar-refractivity contribution is -0.138. The maximum absolute atomic E-state index is 14.2. The van der Waals surface area contributed by atoms with Gasteiger partial charge in [0.05, 0.1) is 5.56 Å². The number of aromatic nitrogens is 4. The molecule has 3 rings (SSSR count). The van der Waals surface area contributed by atoms with Gasteiger partial charge in [-0.25, -0.2) is 4.39 Å². The summed E-state index contributed by atoms with van der Waals surface area (Å²) in [4.78, 5) is 7.76. The molecule has 0 fully saturated rings. The quantitative estimate of drug-likeness (QED) is 0.568. The van der Waals surface area contributed by atoms with Crippen LogP contribution in [0, 0.1) is 5.82 Å². The van der Waals surface area contributed by atoms with Crippen molar-refractivity contribution in [2.45, 2.75) is 19.1 Å². The van der Waals surface area contributed by atoms with E-state index in [9.17, 15) is 17.6 Å². The highest BCUT2D eigenvalue weighted by molar-refractivity contribution is 6.33. The summed E-state index contributed by atoms with van der Waals surface area (Å²) in [5.74, 6) is -0.794. The van der Waals surface area contributed by atoms with Crippen molar-refractivity contribution in [2.75, 3.05) is 5.32 Å². The first-order chi connectivity index (χ1) is 11.3. The first kappa shape index (κ1) is 16.4. The molecule has 0 spiro atoms. The predicted molar refractivity (Wildman–Crippen MR) is 80.3 cm³/mol. The van der Waals surface area contributed by atoms with Crippen LogP contribution in [0.25, 0.3) is 16.9 Å². The Morgan fingerprint density at radius 1 is 1.25 bits per heavy atom. The van der Waals surface area contributed by atoms with Crippen molar-refractivity contribution in [3.63, 3.8) is 0 Å². The van der Waals surface area contributed by atoms with Crippen LogP contribution in [-0.4, -0.2) is 31.8 Å². The third kappa shape index (κ3) is 2.86. The zero-order chi connectivity index (χ0) is 17.5. The molecule has 0 saturated heterocycles. The molecule has 0 aliphatic rings. The Morgan fingerprint density at radius 2 is 1.96 bits per heavy atom. The molecule has 0 radical (unpaired) electrons. The molecule has 3 aromatic rings. The van der Waals surface area contributed by atoms with Crippen molar-refractivity contribution in [1.29, 1.82) is 0 Å². The van der Waals surface area contributed by atoms with Gasteiger partial charge in [0.25, 0.3) is 5.78 Å². The Labute approximate surface area is 138 Å². The van der Waals surface area contributed by atoms with Gasteiger partial charge in [0.15, 0.2) is 0 Å². The van der Waals surface area contributed by atoms with E-state index >= 15 is 0 Å². The Hall–Kier alpha value is -2.42. The summed E-state index contributed by atoms with van der Waals surface area (Å²) in [6.07, 6.45) is -3.40. The minimum atomic E-state index is -4.52. The highest BCUT2D eigenvalue weighted by atomic mass is 35.5. The van der Waals surface area contributed by atoms with E-state index in [4.69, 9.17) is 11.6 Å². The lowest BCUT2D eigenvalue weighted by Crippen LogP contribution is -2.34. The van der Waals surface area contributed by atoms with Gasteiger partial charge in [0, 0.05) is 5.56 Å². The van der Waals surface area contributed by atoms with Crippen LogP contribution in [-0.2, 0) is 0 Å². The second kappa shape index (κ2) is 5.90. The third-order valence-electron chi connectivity index (χ3n) is 3.37. The summed E-state index contributed by atoms with van der Waals surface area (Å²) in [5, 5.41) is 5.95. The highest BCUT2D eigenvalue weighted by Crippen LogP contribution is 2.36. The van der Waals surface area contributed by atoms with E-state index < -0.39 is 18.0 Å². The number of nitrogens with one attached hydrogen (secondary N) is 1. The zero-order valence-electron chi connectivity index (χ0n) is 12.1. The summed E-state index contributed by atoms with van der Waals surface area (Å²) in [6.45, 7) is 0.933. The SMILES string of the molecule is C[C@H](Nc1c(-c2ccccc2F)c(Cl)nc2ncnn12)C(F)(F)F. The summed E-state index contributed by atoms with van der Waals surface area (Å²) in [5.41, 5.74) is -0.0202. The molecule has 0 saturated carbocycles. The maximum Gasteiger partial charge on any atom is 0.408 e. The number of fused-ring (bicyclic) bond motifs is 1. The number of anilines is 1. The van der Waals surface area contributed by atoms with Gasteiger partial charge in [-0.3, -0.25) is 0 Å². The molecule has 0 aliphatic heterocycles. The number of alkyl halides is 3. The molecule has 2 aromatic heterocycles. The van der Waals surface area contributed by atoms with E-state index in [0.717, 1.165) is 17.8 Å². The molecule has 0 bridgehead atoms. The standard InChI is InChI=1S/C14H10ClF4N5/c1-7(14(17,18)19)22-12-10(8-4-2-3-5-9(8)16)11(15)23-13-20-6-21-24(12)13/h2-7,22H,1H3/t7-/m0/s1. The Bertz CT molecular complexity index is 892. The fourth-order valence-electron chi connectivity index (χ4n) is 2.14. The third-order valence-corrected chi connectivity index (χ3v) is 3.64. The maximum atomic E-state index is 14.2. The topological polar surface area (TPSA) is 55.1 Å². The van der Waals surface area contributed by atoms with Gasteiger partial charge < -0.3 is 5.32 Å². The van der Waals surface area contributed by atoms with Crippen LogP contribution in [0.4, 0.5) is 23.4 Å². The Morgan fingerprint density at radius 3 is 2.62 bits per heavy atom. The lowest BCUT2D eigenvalue weighted by Gasteiger charge is -2.21. The molecule has 2 heterocycles. The molecule has 1 aromatic carbocycles. The van der Waals surface area contributed by atoms with Crippen LogP contribution in [0.15, 0.2) is 30.6 Å². The highest BCUT2D eigenvalue weighted by Gasteiger charge is 2.37. The van der Waals surface area contributed by atoms with E-state index in [1.54, 1.807) is 0 Å². The Kier molecular flexibility index (Phi) is 4.04. The summed E-state index contributed by atoms with van der Waals surface area (Å²) in [6, 6.07) is 3.64. The first-order valence-corrected chi connectivity index (χ1v) is 7.14. The summed E-state index contributed by atoms with van der Waals surface area (Å²) < 4.78 is 54.0. The van der Waals surface area contributed by atoms with Crippen LogP contribution in [0.1, 0.15) is 6.92 Å². The van der Waals surface area contributed by atoms with Crippen LogP contribution >= 0.6 is 11.6 Å². The number of benzene rings is 1. The van der Waals surface area contributed by atoms with E-state index in [1.807, 2.05) is 0 Å². The molecule has 126 valence electrons. The number of halogens is 5. The second-order valence-corrected chi connectivity index (χ2v) is 5.34. The van der Waals surface area contributed by atoms with Crippen molar-refractivity contribution in [1.82, 2.24) is 19.6 Å². The zero-order valence-corrected chi connectivity index (χ0v) is 12.9. The molecule has 10 heteroatoms. The molecular formula is C14H10ClF4N5. The van der Waals surface area contributed by atoms with Crippen LogP contribution in [0.2, 0.25) is 5.15 Å². The molecule has 5 nitrogen and oxygen atoms in total. The molecule has 0 aliphatic carbocycles. The van der Waals surface area contributed by atoms with Gasteiger partial charge in [-0.1, -0.05) is 29.8 Å². The second-order valence-electron chi connectivity index (χ2n) is 4.99. The fraction of sp³-hybridized carbons (Fsp3) is 0.214. The normalized spacial score (nSPS) is 13.2. The lowest BCUT2D eigenvalue weighted by atomic mass is 10.1. The smallest absolute Gasteiger partial charge is 0.358 e. The molecular weight excluding hydrogens is 350 g/mol. The minimum absolute atomic E-state index is 0.00281. The van der Waals surface area contributed by atoms with Gasteiger partial charge in [-0.2, -0.15) is 32.8 Å². The van der Waals surface area contributed by atoms with Gasteiger partial charge in [-0.05, 0) is 13.0 Å². The van der Waals surface area contributed by atoms with Crippen molar-refractivity contribution in [3.05, 3.63) is 41.6 Å². The van der Waals surface area contributed by atoms with Gasteiger partial charge >= 0.3 is 6.18 Å². The molecule has 24 heavy (non-hydrogen) atoms. The van der Waals surface area contributed by atoms with Crippen molar-refractivity contribution >= 4 is 23.2 Å². The summed E-state index contributed by atoms with van der Waals surface area (Å²) >= 11 is 6.09. The molecule has 0 unspecified atom stereocenters. The van der Waals surface area contributed by atoms with E-state index in [1.165, 1.54) is 24.3 Å². The van der Waals surface area contributed by atoms with E-state index in [0.29, 0.717) is 0 Å². The largest absolute Gasteiger partial charge is 0.408 e. The van der Waals surface area contributed by atoms with E-state index in [-0.39, 0.29) is 27.9 Å². The molecule has 1 N–H and O–H groups in total. The van der Waals surface area contributed by atoms with Crippen LogP contribution < -0.4 is 5.32 Å². The minimum Gasteiger partial charge on any atom is -0.358 e. The number of rotatable bonds is 3. The summed E-state index contributed by atoms with van der Waals surface area (Å²) in [7, 11) is 0. The molecule has 1 atom stereocenters. The average Bonchev–Trinajstić information content (AvgIpc) is 2.95. The Balaban J connectivity index is 2.26. The number of hydrogen-bond acceptors (Lipinski definition) is 4. The monoisotopic (exact) mass is 359 g/mol. The van der Waals surface area contributed by atoms with Gasteiger partial charge in [0.2, 0.25) is 0 Å². The van der Waals surface area contributed by atoms with Crippen LogP contribution in [0.3, 0.4) is 0 Å². The van der Waals surface area contributed by atoms with Gasteiger partial charge in [0.1, 0.15) is 29.2 Å². The molecule has 0 amide bonds. The first-order valence-electron chi connectivity index (χ1n) is 6.76. The number of hydrogen-bond donors (Lipinski definition) is 1. The van der Waals surface area contributed by atoms with Crippen molar-refractivity contribution in [2.24, 2.45) is 0 Å². The van der Waals surface area contributed by atoms with Crippen molar-refractivity contribution in [3.8, 4) is 11.1 Å². The van der Waals surface area contributed by atoms with Gasteiger partial charge in [-0.15, -0.1) is 0 Å². The van der Waals surface area contributed by atoms with E-state index in [2.05, 4.69) is 20.4 Å². The van der Waals surface area contributed by atoms with Crippen molar-refractivity contribution < 1.29 is 17.6 Å². The van der Waals surface area contributed by atoms with Crippen LogP contribution in [0.5, 0.6) is 0 Å². The predicted octanol–water partition coefficient (Wildman–Crippen LogP) is 3.95.